The summed E-state index contributed by atoms with van der Waals surface area (Å²) in [4.78, 5) is 23.2. The summed E-state index contributed by atoms with van der Waals surface area (Å²) in [6.45, 7) is 6.92. The van der Waals surface area contributed by atoms with E-state index in [2.05, 4.69) is 15.4 Å². The summed E-state index contributed by atoms with van der Waals surface area (Å²) in [5.74, 6) is 1.30. The van der Waals surface area contributed by atoms with Gasteiger partial charge in [0, 0.05) is 61.0 Å². The fraction of sp³-hybridized carbons (Fsp3) is 0.379. The van der Waals surface area contributed by atoms with Crippen LogP contribution in [-0.2, 0) is 11.3 Å². The highest BCUT2D eigenvalue weighted by Gasteiger charge is 2.16. The van der Waals surface area contributed by atoms with Crippen LogP contribution in [0.4, 0.5) is 16.2 Å². The zero-order chi connectivity index (χ0) is 28.7. The molecule has 2 N–H and O–H groups in total. The third-order valence-electron chi connectivity index (χ3n) is 5.97. The van der Waals surface area contributed by atoms with Gasteiger partial charge in [-0.05, 0) is 45.4 Å². The van der Waals surface area contributed by atoms with Crippen molar-refractivity contribution in [3.63, 3.8) is 0 Å². The molecule has 0 unspecified atom stereocenters. The molecule has 0 aliphatic heterocycles. The molecule has 0 radical (unpaired) electrons. The Kier molecular flexibility index (Phi) is 9.05. The SMILES string of the molecule is COc1cc(OC)cc(N(CCO)c2ccc3ncc(-c4cnn(CCCNC(=O)OC(C)(C)C)c4)nc3c2)c1. The third kappa shape index (κ3) is 7.38. The number of aliphatic hydroxyl groups is 1. The Bertz CT molecular complexity index is 1430. The third-order valence-corrected chi connectivity index (χ3v) is 5.97. The number of carbonyl (C=O) groups is 1. The molecule has 0 atom stereocenters. The molecule has 0 saturated carbocycles. The Morgan fingerprint density at radius 3 is 2.45 bits per heavy atom. The first-order valence-electron chi connectivity index (χ1n) is 13.1. The first kappa shape index (κ1) is 28.6. The lowest BCUT2D eigenvalue weighted by Gasteiger charge is -2.25. The topological polar surface area (TPSA) is 124 Å². The fourth-order valence-corrected chi connectivity index (χ4v) is 4.13. The van der Waals surface area contributed by atoms with Crippen molar-refractivity contribution >= 4 is 28.5 Å². The molecule has 2 heterocycles. The summed E-state index contributed by atoms with van der Waals surface area (Å²) in [5.41, 5.74) is 4.13. The number of methoxy groups -OCH3 is 2. The van der Waals surface area contributed by atoms with Crippen LogP contribution in [0.5, 0.6) is 11.5 Å². The van der Waals surface area contributed by atoms with Gasteiger partial charge < -0.3 is 29.5 Å². The second kappa shape index (κ2) is 12.6. The van der Waals surface area contributed by atoms with Gasteiger partial charge in [-0.2, -0.15) is 5.10 Å². The molecule has 0 bridgehead atoms. The molecule has 4 aromatic rings. The molecule has 1 amide bonds. The van der Waals surface area contributed by atoms with Gasteiger partial charge >= 0.3 is 6.09 Å². The molecule has 11 nitrogen and oxygen atoms in total. The molecule has 0 saturated heterocycles. The van der Waals surface area contributed by atoms with E-state index in [0.29, 0.717) is 48.8 Å². The van der Waals surface area contributed by atoms with E-state index in [-0.39, 0.29) is 6.61 Å². The number of alkyl carbamates (subject to hydrolysis) is 1. The van der Waals surface area contributed by atoms with Crippen LogP contribution in [-0.4, -0.2) is 70.5 Å². The van der Waals surface area contributed by atoms with Crippen LogP contribution >= 0.6 is 0 Å². The number of amides is 1. The van der Waals surface area contributed by atoms with Gasteiger partial charge in [0.05, 0.1) is 49.9 Å². The summed E-state index contributed by atoms with van der Waals surface area (Å²) in [6, 6.07) is 11.4. The Morgan fingerprint density at radius 2 is 1.77 bits per heavy atom. The minimum absolute atomic E-state index is 0.0459. The van der Waals surface area contributed by atoms with Gasteiger partial charge in [-0.15, -0.1) is 0 Å². The lowest BCUT2D eigenvalue weighted by Crippen LogP contribution is -2.33. The van der Waals surface area contributed by atoms with Gasteiger partial charge in [-0.25, -0.2) is 9.78 Å². The highest BCUT2D eigenvalue weighted by molar-refractivity contribution is 5.82. The molecule has 0 spiro atoms. The van der Waals surface area contributed by atoms with Crippen molar-refractivity contribution in [2.75, 3.05) is 38.8 Å². The van der Waals surface area contributed by atoms with Gasteiger partial charge in [0.2, 0.25) is 0 Å². The van der Waals surface area contributed by atoms with E-state index in [1.165, 1.54) is 0 Å². The maximum absolute atomic E-state index is 11.8. The normalized spacial score (nSPS) is 11.3. The molecular weight excluding hydrogens is 512 g/mol. The summed E-state index contributed by atoms with van der Waals surface area (Å²) in [7, 11) is 3.20. The average molecular weight is 549 g/mol. The van der Waals surface area contributed by atoms with Crippen LogP contribution < -0.4 is 19.7 Å². The number of carbonyl (C=O) groups excluding carboxylic acids is 1. The number of nitrogens with one attached hydrogen (secondary N) is 1. The maximum atomic E-state index is 11.8. The summed E-state index contributed by atoms with van der Waals surface area (Å²) < 4.78 is 17.9. The predicted molar refractivity (Wildman–Crippen MR) is 153 cm³/mol. The van der Waals surface area contributed by atoms with Gasteiger partial charge in [-0.1, -0.05) is 0 Å². The minimum atomic E-state index is -0.525. The summed E-state index contributed by atoms with van der Waals surface area (Å²) >= 11 is 0. The van der Waals surface area contributed by atoms with E-state index < -0.39 is 11.7 Å². The number of rotatable bonds is 11. The van der Waals surface area contributed by atoms with E-state index >= 15 is 0 Å². The summed E-state index contributed by atoms with van der Waals surface area (Å²) in [5, 5.41) is 17.0. The van der Waals surface area contributed by atoms with Crippen molar-refractivity contribution in [1.82, 2.24) is 25.1 Å². The Morgan fingerprint density at radius 1 is 1.02 bits per heavy atom. The largest absolute Gasteiger partial charge is 0.497 e. The number of aromatic nitrogens is 4. The maximum Gasteiger partial charge on any atom is 0.407 e. The van der Waals surface area contributed by atoms with Gasteiger partial charge in [0.25, 0.3) is 0 Å². The molecule has 40 heavy (non-hydrogen) atoms. The molecule has 0 aliphatic carbocycles. The quantitative estimate of drug-likeness (QED) is 0.260. The minimum Gasteiger partial charge on any atom is -0.497 e. The van der Waals surface area contributed by atoms with Crippen molar-refractivity contribution < 1.29 is 24.1 Å². The van der Waals surface area contributed by atoms with Crippen molar-refractivity contribution in [3.8, 4) is 22.8 Å². The Labute approximate surface area is 233 Å². The Balaban J connectivity index is 1.50. The van der Waals surface area contributed by atoms with E-state index in [1.807, 2.05) is 66.9 Å². The van der Waals surface area contributed by atoms with E-state index in [9.17, 15) is 9.90 Å². The molecule has 0 aliphatic rings. The number of ether oxygens (including phenoxy) is 3. The molecular formula is C29H36N6O5. The van der Waals surface area contributed by atoms with Crippen molar-refractivity contribution in [2.24, 2.45) is 0 Å². The van der Waals surface area contributed by atoms with Crippen LogP contribution in [0, 0.1) is 0 Å². The van der Waals surface area contributed by atoms with Gasteiger partial charge in [-0.3, -0.25) is 9.67 Å². The second-order valence-corrected chi connectivity index (χ2v) is 10.1. The number of nitrogens with zero attached hydrogens (tertiary/aromatic N) is 5. The van der Waals surface area contributed by atoms with Crippen LogP contribution in [0.15, 0.2) is 55.0 Å². The van der Waals surface area contributed by atoms with Crippen molar-refractivity contribution in [3.05, 3.63) is 55.0 Å². The second-order valence-electron chi connectivity index (χ2n) is 10.1. The van der Waals surface area contributed by atoms with Crippen molar-refractivity contribution in [1.29, 1.82) is 0 Å². The smallest absolute Gasteiger partial charge is 0.407 e. The summed E-state index contributed by atoms with van der Waals surface area (Å²) in [6.07, 6.45) is 5.66. The number of hydrogen-bond donors (Lipinski definition) is 2. The van der Waals surface area contributed by atoms with Crippen LogP contribution in [0.2, 0.25) is 0 Å². The molecule has 212 valence electrons. The molecule has 0 fully saturated rings. The molecule has 4 rings (SSSR count). The highest BCUT2D eigenvalue weighted by Crippen LogP contribution is 2.34. The Hall–Kier alpha value is -4.38. The van der Waals surface area contributed by atoms with Crippen LogP contribution in [0.3, 0.4) is 0 Å². The zero-order valence-corrected chi connectivity index (χ0v) is 23.5. The average Bonchev–Trinajstić information content (AvgIpc) is 3.41. The van der Waals surface area contributed by atoms with Gasteiger partial charge in [0.15, 0.2) is 0 Å². The number of aliphatic hydroxyl groups excluding tert-OH is 1. The molecule has 2 aromatic carbocycles. The van der Waals surface area contributed by atoms with Crippen LogP contribution in [0.1, 0.15) is 27.2 Å². The zero-order valence-electron chi connectivity index (χ0n) is 23.5. The van der Waals surface area contributed by atoms with Gasteiger partial charge in [0.1, 0.15) is 17.1 Å². The lowest BCUT2D eigenvalue weighted by atomic mass is 10.2. The number of aryl methyl sites for hydroxylation is 1. The highest BCUT2D eigenvalue weighted by atomic mass is 16.6. The number of fused-ring (bicyclic) bond motifs is 1. The first-order chi connectivity index (χ1) is 19.2. The number of benzene rings is 2. The fourth-order valence-electron chi connectivity index (χ4n) is 4.13. The molecule has 2 aromatic heterocycles. The number of hydrogen-bond acceptors (Lipinski definition) is 9. The van der Waals surface area contributed by atoms with Crippen molar-refractivity contribution in [2.45, 2.75) is 39.3 Å². The predicted octanol–water partition coefficient (Wildman–Crippen LogP) is 4.56. The number of anilines is 2. The molecule has 11 heteroatoms. The van der Waals surface area contributed by atoms with E-state index in [4.69, 9.17) is 19.2 Å². The monoisotopic (exact) mass is 548 g/mol. The van der Waals surface area contributed by atoms with Crippen LogP contribution in [0.25, 0.3) is 22.3 Å². The lowest BCUT2D eigenvalue weighted by molar-refractivity contribution is 0.0526. The van der Waals surface area contributed by atoms with E-state index in [1.54, 1.807) is 32.7 Å². The standard InChI is InChI=1S/C29H36N6O5/c1-29(2,3)40-28(37)30-9-6-10-34-19-20(17-32-34)27-18-31-25-8-7-21(15-26(25)33-27)35(11-12-36)22-13-23(38-4)16-24(14-22)39-5/h7-8,13-19,36H,6,9-12H2,1-5H3,(H,30,37). The first-order valence-corrected chi connectivity index (χ1v) is 13.1. The van der Waals surface area contributed by atoms with E-state index in [0.717, 1.165) is 22.5 Å².